The number of benzene rings is 4. The molecule has 3 heterocycles. The van der Waals surface area contributed by atoms with Crippen LogP contribution in [0.4, 0.5) is 0 Å². The topological polar surface area (TPSA) is 38.7 Å². The lowest BCUT2D eigenvalue weighted by Gasteiger charge is -2.34. The molecule has 0 aliphatic heterocycles. The summed E-state index contributed by atoms with van der Waals surface area (Å²) in [4.78, 5) is 14.1. The van der Waals surface area contributed by atoms with Gasteiger partial charge in [0.2, 0.25) is 0 Å². The van der Waals surface area contributed by atoms with E-state index in [9.17, 15) is 0 Å². The molecule has 7 rings (SSSR count). The molecule has 43 heavy (non-hydrogen) atoms. The first-order valence-corrected chi connectivity index (χ1v) is 16.4. The minimum absolute atomic E-state index is 1.04. The van der Waals surface area contributed by atoms with Crippen LogP contribution in [-0.4, -0.2) is 23.0 Å². The van der Waals surface area contributed by atoms with E-state index in [1.54, 1.807) is 6.20 Å². The molecule has 204 valence electrons. The molecular formula is C39H29N3Si. The lowest BCUT2D eigenvalue weighted by Crippen LogP contribution is -2.75. The summed E-state index contributed by atoms with van der Waals surface area (Å²) in [5.41, 5.74) is 6.72. The summed E-state index contributed by atoms with van der Waals surface area (Å²) in [6.45, 7) is 0. The van der Waals surface area contributed by atoms with Gasteiger partial charge in [0.25, 0.3) is 0 Å². The van der Waals surface area contributed by atoms with Crippen LogP contribution in [0.2, 0.25) is 0 Å². The second-order valence-corrected chi connectivity index (χ2v) is 14.4. The maximum Gasteiger partial charge on any atom is 0.182 e. The van der Waals surface area contributed by atoms with Gasteiger partial charge in [0.1, 0.15) is 0 Å². The lowest BCUT2D eigenvalue weighted by atomic mass is 10.1. The van der Waals surface area contributed by atoms with E-state index < -0.39 is 8.07 Å². The number of aromatic nitrogens is 3. The molecule has 0 spiro atoms. The zero-order chi connectivity index (χ0) is 28.9. The Bertz CT molecular complexity index is 1760. The third-order valence-corrected chi connectivity index (χ3v) is 12.7. The van der Waals surface area contributed by atoms with Crippen molar-refractivity contribution in [2.75, 3.05) is 0 Å². The normalized spacial score (nSPS) is 12.4. The molecule has 0 saturated carbocycles. The highest BCUT2D eigenvalue weighted by atomic mass is 28.3. The summed E-state index contributed by atoms with van der Waals surface area (Å²) in [6.07, 6.45) is 11.7. The van der Waals surface area contributed by atoms with Crippen molar-refractivity contribution in [3.8, 4) is 33.4 Å². The molecule has 1 unspecified atom stereocenters. The number of hydrogen-bond donors (Lipinski definition) is 0. The van der Waals surface area contributed by atoms with Crippen molar-refractivity contribution in [3.05, 3.63) is 177 Å². The van der Waals surface area contributed by atoms with Crippen LogP contribution in [0, 0.1) is 0 Å². The van der Waals surface area contributed by atoms with Gasteiger partial charge < -0.3 is 0 Å². The van der Waals surface area contributed by atoms with E-state index in [2.05, 4.69) is 151 Å². The summed E-state index contributed by atoms with van der Waals surface area (Å²) in [5.74, 6) is 0. The van der Waals surface area contributed by atoms with Gasteiger partial charge in [-0.1, -0.05) is 133 Å². The maximum atomic E-state index is 4.87. The summed E-state index contributed by atoms with van der Waals surface area (Å²) in [7, 11) is -2.94. The predicted molar refractivity (Wildman–Crippen MR) is 180 cm³/mol. The van der Waals surface area contributed by atoms with E-state index in [1.165, 1.54) is 31.9 Å². The molecular weight excluding hydrogens is 539 g/mol. The van der Waals surface area contributed by atoms with Gasteiger partial charge in [-0.3, -0.25) is 15.0 Å². The van der Waals surface area contributed by atoms with E-state index in [1.807, 2.05) is 24.7 Å². The molecule has 0 bridgehead atoms. The number of nitrogens with zero attached hydrogens (tertiary/aromatic N) is 3. The molecule has 0 saturated heterocycles. The Labute approximate surface area is 253 Å². The van der Waals surface area contributed by atoms with Crippen LogP contribution in [0.3, 0.4) is 0 Å². The fraction of sp³-hybridized carbons (Fsp3) is 0. The number of rotatable bonds is 7. The molecule has 7 aromatic rings. The molecule has 0 amide bonds. The standard InChI is InChI=1S/C39H29N3Si/c1-4-12-30(13-5-1)32-16-10-20-37(22-32)43(36-18-8-3-9-19-36,38-23-34(26-41-28-38)31-14-6-2-7-15-31)39-24-35(27-42-29-39)33-17-11-21-40-25-33/h1-29H. The van der Waals surface area contributed by atoms with E-state index in [4.69, 9.17) is 9.97 Å². The van der Waals surface area contributed by atoms with E-state index in [-0.39, 0.29) is 0 Å². The van der Waals surface area contributed by atoms with E-state index in [0.717, 1.165) is 22.3 Å². The molecule has 1 atom stereocenters. The average molecular weight is 568 g/mol. The second kappa shape index (κ2) is 11.8. The van der Waals surface area contributed by atoms with Gasteiger partial charge in [-0.05, 0) is 49.1 Å². The van der Waals surface area contributed by atoms with Crippen LogP contribution < -0.4 is 20.7 Å². The van der Waals surface area contributed by atoms with Crippen LogP contribution in [0.5, 0.6) is 0 Å². The zero-order valence-corrected chi connectivity index (χ0v) is 24.6. The van der Waals surface area contributed by atoms with Crippen molar-refractivity contribution in [1.29, 1.82) is 0 Å². The van der Waals surface area contributed by atoms with Gasteiger partial charge >= 0.3 is 0 Å². The van der Waals surface area contributed by atoms with Gasteiger partial charge in [-0.25, -0.2) is 0 Å². The Kier molecular flexibility index (Phi) is 7.26. The van der Waals surface area contributed by atoms with Crippen molar-refractivity contribution in [2.24, 2.45) is 0 Å². The zero-order valence-electron chi connectivity index (χ0n) is 23.6. The monoisotopic (exact) mass is 567 g/mol. The van der Waals surface area contributed by atoms with Crippen LogP contribution >= 0.6 is 0 Å². The Balaban J connectivity index is 1.56. The van der Waals surface area contributed by atoms with Crippen LogP contribution in [0.15, 0.2) is 177 Å². The SMILES string of the molecule is c1ccc(-c2cccc([Si](c3ccccc3)(c3cncc(-c4ccccc4)c3)c3cncc(-c4cccnc4)c3)c2)cc1. The van der Waals surface area contributed by atoms with Crippen molar-refractivity contribution < 1.29 is 0 Å². The average Bonchev–Trinajstić information content (AvgIpc) is 3.11. The summed E-state index contributed by atoms with van der Waals surface area (Å²) in [6, 6.07) is 49.8. The maximum absolute atomic E-state index is 4.87. The Morgan fingerprint density at radius 1 is 0.302 bits per heavy atom. The third-order valence-electron chi connectivity index (χ3n) is 8.05. The Hall–Kier alpha value is -5.45. The highest BCUT2D eigenvalue weighted by Gasteiger charge is 2.42. The minimum Gasteiger partial charge on any atom is -0.264 e. The van der Waals surface area contributed by atoms with E-state index >= 15 is 0 Å². The Morgan fingerprint density at radius 3 is 1.37 bits per heavy atom. The molecule has 4 heteroatoms. The van der Waals surface area contributed by atoms with Crippen LogP contribution in [0.1, 0.15) is 0 Å². The van der Waals surface area contributed by atoms with Crippen molar-refractivity contribution >= 4 is 28.8 Å². The third kappa shape index (κ3) is 5.09. The molecule has 0 aliphatic carbocycles. The lowest BCUT2D eigenvalue weighted by molar-refractivity contribution is 1.30. The molecule has 3 aromatic heterocycles. The fourth-order valence-electron chi connectivity index (χ4n) is 6.02. The van der Waals surface area contributed by atoms with Gasteiger partial charge in [-0.2, -0.15) is 0 Å². The smallest absolute Gasteiger partial charge is 0.182 e. The van der Waals surface area contributed by atoms with Gasteiger partial charge in [-0.15, -0.1) is 0 Å². The van der Waals surface area contributed by atoms with Crippen molar-refractivity contribution in [3.63, 3.8) is 0 Å². The molecule has 0 aliphatic rings. The summed E-state index contributed by atoms with van der Waals surface area (Å²) >= 11 is 0. The highest BCUT2D eigenvalue weighted by molar-refractivity contribution is 7.20. The van der Waals surface area contributed by atoms with Gasteiger partial charge in [0.15, 0.2) is 8.07 Å². The predicted octanol–water partition coefficient (Wildman–Crippen LogP) is 6.25. The molecule has 4 aromatic carbocycles. The largest absolute Gasteiger partial charge is 0.264 e. The Morgan fingerprint density at radius 2 is 0.767 bits per heavy atom. The molecule has 0 N–H and O–H groups in total. The van der Waals surface area contributed by atoms with Crippen molar-refractivity contribution in [2.45, 2.75) is 0 Å². The quantitative estimate of drug-likeness (QED) is 0.214. The van der Waals surface area contributed by atoms with Crippen LogP contribution in [0.25, 0.3) is 33.4 Å². The second-order valence-electron chi connectivity index (χ2n) is 10.6. The first kappa shape index (κ1) is 26.4. The highest BCUT2D eigenvalue weighted by Crippen LogP contribution is 2.23. The summed E-state index contributed by atoms with van der Waals surface area (Å²) in [5, 5.41) is 4.95. The first-order chi connectivity index (χ1) is 21.3. The van der Waals surface area contributed by atoms with Crippen molar-refractivity contribution in [1.82, 2.24) is 15.0 Å². The molecule has 0 fully saturated rings. The fourth-order valence-corrected chi connectivity index (χ4v) is 10.7. The number of pyridine rings is 3. The number of hydrogen-bond acceptors (Lipinski definition) is 3. The minimum atomic E-state index is -2.94. The van der Waals surface area contributed by atoms with E-state index in [0.29, 0.717) is 0 Å². The first-order valence-electron chi connectivity index (χ1n) is 14.4. The van der Waals surface area contributed by atoms with Crippen LogP contribution in [-0.2, 0) is 0 Å². The molecule has 3 nitrogen and oxygen atoms in total. The van der Waals surface area contributed by atoms with Gasteiger partial charge in [0, 0.05) is 48.3 Å². The molecule has 0 radical (unpaired) electrons. The summed E-state index contributed by atoms with van der Waals surface area (Å²) < 4.78 is 0. The van der Waals surface area contributed by atoms with Gasteiger partial charge in [0.05, 0.1) is 0 Å².